The van der Waals surface area contributed by atoms with Crippen molar-refractivity contribution < 1.29 is 24.2 Å². The van der Waals surface area contributed by atoms with Gasteiger partial charge in [-0.15, -0.1) is 0 Å². The van der Waals surface area contributed by atoms with Crippen LogP contribution in [0.15, 0.2) is 66.9 Å². The van der Waals surface area contributed by atoms with E-state index in [0.717, 1.165) is 40.8 Å². The minimum Gasteiger partial charge on any atom is -0.481 e. The van der Waals surface area contributed by atoms with E-state index in [1.54, 1.807) is 6.20 Å². The molecule has 0 radical (unpaired) electrons. The largest absolute Gasteiger partial charge is 0.481 e. The SMILES string of the molecule is CC(C)(C)OC(=O)NC(C)(C)c1ccc(-c2ncc(NC(=O)CC3CCC(C(=O)O)CC3)cc2-c2ccccc2)cc1. The molecule has 1 heterocycles. The molecule has 4 rings (SSSR count). The number of ether oxygens (including phenoxy) is 1. The van der Waals surface area contributed by atoms with Gasteiger partial charge < -0.3 is 20.5 Å². The number of benzene rings is 2. The summed E-state index contributed by atoms with van der Waals surface area (Å²) in [6.45, 7) is 9.34. The predicted octanol–water partition coefficient (Wildman–Crippen LogP) is 7.40. The van der Waals surface area contributed by atoms with E-state index in [0.29, 0.717) is 24.9 Å². The van der Waals surface area contributed by atoms with E-state index < -0.39 is 23.2 Å². The Balaban J connectivity index is 1.52. The van der Waals surface area contributed by atoms with Crippen LogP contribution >= 0.6 is 0 Å². The van der Waals surface area contributed by atoms with Crippen LogP contribution in [0.25, 0.3) is 22.4 Å². The number of carboxylic acids is 1. The molecule has 8 nitrogen and oxygen atoms in total. The second-order valence-electron chi connectivity index (χ2n) is 12.6. The lowest BCUT2D eigenvalue weighted by molar-refractivity contribution is -0.143. The van der Waals surface area contributed by atoms with E-state index in [-0.39, 0.29) is 17.7 Å². The summed E-state index contributed by atoms with van der Waals surface area (Å²) in [6.07, 6.45) is 4.29. The number of alkyl carbamates (subject to hydrolysis) is 1. The monoisotopic (exact) mass is 571 g/mol. The van der Waals surface area contributed by atoms with E-state index in [1.165, 1.54) is 0 Å². The van der Waals surface area contributed by atoms with Gasteiger partial charge in [0.25, 0.3) is 0 Å². The van der Waals surface area contributed by atoms with Gasteiger partial charge in [-0.05, 0) is 83.4 Å². The first-order valence-corrected chi connectivity index (χ1v) is 14.5. The molecule has 0 aliphatic heterocycles. The van der Waals surface area contributed by atoms with Crippen LogP contribution in [0.5, 0.6) is 0 Å². The zero-order chi connectivity index (χ0) is 30.5. The highest BCUT2D eigenvalue weighted by molar-refractivity contribution is 5.93. The second-order valence-corrected chi connectivity index (χ2v) is 12.6. The van der Waals surface area contributed by atoms with Gasteiger partial charge in [-0.2, -0.15) is 0 Å². The fourth-order valence-electron chi connectivity index (χ4n) is 5.36. The molecular weight excluding hydrogens is 530 g/mol. The molecule has 1 saturated carbocycles. The maximum Gasteiger partial charge on any atom is 0.408 e. The van der Waals surface area contributed by atoms with Crippen molar-refractivity contribution in [1.29, 1.82) is 0 Å². The molecule has 0 unspecified atom stereocenters. The lowest BCUT2D eigenvalue weighted by Gasteiger charge is -2.29. The average molecular weight is 572 g/mol. The van der Waals surface area contributed by atoms with Crippen LogP contribution in [0.4, 0.5) is 10.5 Å². The number of aliphatic carboxylic acids is 1. The molecule has 3 aromatic rings. The summed E-state index contributed by atoms with van der Waals surface area (Å²) in [5, 5.41) is 15.2. The Morgan fingerprint density at radius 3 is 2.14 bits per heavy atom. The highest BCUT2D eigenvalue weighted by Crippen LogP contribution is 2.35. The normalized spacial score (nSPS) is 17.3. The Kier molecular flexibility index (Phi) is 9.34. The van der Waals surface area contributed by atoms with Gasteiger partial charge in [0.05, 0.1) is 29.0 Å². The molecule has 1 aliphatic rings. The van der Waals surface area contributed by atoms with Crippen molar-refractivity contribution in [2.45, 2.75) is 77.9 Å². The predicted molar refractivity (Wildman–Crippen MR) is 164 cm³/mol. The summed E-state index contributed by atoms with van der Waals surface area (Å²) in [6, 6.07) is 19.7. The Morgan fingerprint density at radius 2 is 1.55 bits per heavy atom. The smallest absolute Gasteiger partial charge is 0.408 e. The van der Waals surface area contributed by atoms with Crippen LogP contribution < -0.4 is 10.6 Å². The summed E-state index contributed by atoms with van der Waals surface area (Å²) in [5.74, 6) is -0.940. The van der Waals surface area contributed by atoms with Crippen LogP contribution in [-0.4, -0.2) is 33.7 Å². The van der Waals surface area contributed by atoms with Crippen molar-refractivity contribution in [3.05, 3.63) is 72.4 Å². The number of anilines is 1. The molecule has 222 valence electrons. The fourth-order valence-corrected chi connectivity index (χ4v) is 5.36. The van der Waals surface area contributed by atoms with Gasteiger partial charge in [-0.1, -0.05) is 54.6 Å². The maximum atomic E-state index is 12.9. The first kappa shape index (κ1) is 30.8. The third kappa shape index (κ3) is 8.18. The lowest BCUT2D eigenvalue weighted by Crippen LogP contribution is -2.43. The molecular formula is C34H41N3O5. The van der Waals surface area contributed by atoms with E-state index in [9.17, 15) is 19.5 Å². The number of carbonyl (C=O) groups is 3. The van der Waals surface area contributed by atoms with Gasteiger partial charge in [-0.3, -0.25) is 14.6 Å². The Bertz CT molecular complexity index is 1400. The molecule has 2 amide bonds. The molecule has 1 aromatic heterocycles. The van der Waals surface area contributed by atoms with E-state index in [1.807, 2.05) is 95.3 Å². The molecule has 42 heavy (non-hydrogen) atoms. The van der Waals surface area contributed by atoms with Crippen LogP contribution in [0.1, 0.15) is 72.3 Å². The number of nitrogens with zero attached hydrogens (tertiary/aromatic N) is 1. The molecule has 1 aliphatic carbocycles. The average Bonchev–Trinajstić information content (AvgIpc) is 2.92. The number of hydrogen-bond donors (Lipinski definition) is 3. The quantitative estimate of drug-likeness (QED) is 0.259. The summed E-state index contributed by atoms with van der Waals surface area (Å²) >= 11 is 0. The van der Waals surface area contributed by atoms with Crippen LogP contribution in [-0.2, 0) is 19.9 Å². The Labute approximate surface area is 247 Å². The fraction of sp³-hybridized carbons (Fsp3) is 0.412. The molecule has 3 N–H and O–H groups in total. The van der Waals surface area contributed by atoms with Gasteiger partial charge in [-0.25, -0.2) is 4.79 Å². The molecule has 0 spiro atoms. The highest BCUT2D eigenvalue weighted by atomic mass is 16.6. The summed E-state index contributed by atoms with van der Waals surface area (Å²) in [5.41, 5.74) is 3.82. The number of pyridine rings is 1. The topological polar surface area (TPSA) is 118 Å². The number of hydrogen-bond acceptors (Lipinski definition) is 5. The van der Waals surface area contributed by atoms with Gasteiger partial charge >= 0.3 is 12.1 Å². The standard InChI is InChI=1S/C34H41N3O5/c1-33(2,3)42-32(41)37-34(4,5)26-17-15-24(16-18-26)30-28(23-9-7-6-8-10-23)20-27(21-35-30)36-29(38)19-22-11-13-25(14-12-22)31(39)40/h6-10,15-18,20-22,25H,11-14,19H2,1-5H3,(H,36,38)(H,37,41)(H,39,40). The van der Waals surface area contributed by atoms with Crippen molar-refractivity contribution in [1.82, 2.24) is 10.3 Å². The van der Waals surface area contributed by atoms with Crippen molar-refractivity contribution in [2.24, 2.45) is 11.8 Å². The Hall–Kier alpha value is -4.20. The van der Waals surface area contributed by atoms with Crippen LogP contribution in [0.2, 0.25) is 0 Å². The zero-order valence-corrected chi connectivity index (χ0v) is 25.1. The molecule has 2 aromatic carbocycles. The van der Waals surface area contributed by atoms with E-state index >= 15 is 0 Å². The summed E-state index contributed by atoms with van der Waals surface area (Å²) in [7, 11) is 0. The Morgan fingerprint density at radius 1 is 0.905 bits per heavy atom. The number of aromatic nitrogens is 1. The van der Waals surface area contributed by atoms with Crippen molar-refractivity contribution in [3.8, 4) is 22.4 Å². The minimum atomic E-state index is -0.742. The van der Waals surface area contributed by atoms with Gasteiger partial charge in [0.1, 0.15) is 5.60 Å². The summed E-state index contributed by atoms with van der Waals surface area (Å²) < 4.78 is 5.44. The van der Waals surface area contributed by atoms with Crippen molar-refractivity contribution >= 4 is 23.7 Å². The first-order valence-electron chi connectivity index (χ1n) is 14.5. The number of nitrogens with one attached hydrogen (secondary N) is 2. The van der Waals surface area contributed by atoms with Crippen molar-refractivity contribution in [2.75, 3.05) is 5.32 Å². The lowest BCUT2D eigenvalue weighted by atomic mass is 9.80. The minimum absolute atomic E-state index is 0.0913. The second kappa shape index (κ2) is 12.8. The number of rotatable bonds is 8. The number of amides is 2. The first-order chi connectivity index (χ1) is 19.8. The molecule has 0 saturated heterocycles. The third-order valence-corrected chi connectivity index (χ3v) is 7.62. The van der Waals surface area contributed by atoms with Crippen LogP contribution in [0.3, 0.4) is 0 Å². The highest BCUT2D eigenvalue weighted by Gasteiger charge is 2.28. The molecule has 0 atom stereocenters. The molecule has 8 heteroatoms. The maximum absolute atomic E-state index is 12.9. The molecule has 0 bridgehead atoms. The zero-order valence-electron chi connectivity index (χ0n) is 25.1. The van der Waals surface area contributed by atoms with Gasteiger partial charge in [0.2, 0.25) is 5.91 Å². The molecule has 1 fully saturated rings. The number of carboxylic acid groups (broad SMARTS) is 1. The third-order valence-electron chi connectivity index (χ3n) is 7.62. The van der Waals surface area contributed by atoms with Gasteiger partial charge in [0, 0.05) is 17.5 Å². The van der Waals surface area contributed by atoms with Crippen molar-refractivity contribution in [3.63, 3.8) is 0 Å². The van der Waals surface area contributed by atoms with E-state index in [2.05, 4.69) is 10.6 Å². The van der Waals surface area contributed by atoms with Crippen LogP contribution in [0, 0.1) is 11.8 Å². The summed E-state index contributed by atoms with van der Waals surface area (Å²) in [4.78, 5) is 41.3. The van der Waals surface area contributed by atoms with E-state index in [4.69, 9.17) is 9.72 Å². The number of carbonyl (C=O) groups excluding carboxylic acids is 2. The van der Waals surface area contributed by atoms with Gasteiger partial charge in [0.15, 0.2) is 0 Å².